The third-order valence-electron chi connectivity index (χ3n) is 10.9. The number of ether oxygens (including phenoxy) is 2. The van der Waals surface area contributed by atoms with E-state index in [2.05, 4.69) is 0 Å². The first-order valence-corrected chi connectivity index (χ1v) is 19.8. The first kappa shape index (κ1) is 32.5. The normalized spacial score (nSPS) is 26.5. The van der Waals surface area contributed by atoms with Crippen LogP contribution in [0.4, 0.5) is 11.4 Å². The van der Waals surface area contributed by atoms with Crippen LogP contribution in [0.3, 0.4) is 0 Å². The van der Waals surface area contributed by atoms with Crippen LogP contribution in [0.2, 0.25) is 18.6 Å². The summed E-state index contributed by atoms with van der Waals surface area (Å²) in [6.07, 6.45) is 0.381. The Balaban J connectivity index is 1.21. The van der Waals surface area contributed by atoms with Crippen molar-refractivity contribution in [3.8, 4) is 5.75 Å². The van der Waals surface area contributed by atoms with E-state index in [0.29, 0.717) is 42.9 Å². The van der Waals surface area contributed by atoms with E-state index >= 15 is 0 Å². The van der Waals surface area contributed by atoms with E-state index in [1.165, 1.54) is 0 Å². The fraction of sp³-hybridized carbons (Fsp3) is 0.432. The summed E-state index contributed by atoms with van der Waals surface area (Å²) in [7, 11) is -1.43. The standard InChI is InChI=1S/C37H43N3O7Si/c1-23-35(48(3,4)45)32(19-34(43)39-21-26-8-6-5-7-25(26)17-28(39)22-41)47-37(23)30-18-29(46-2)13-14-31(30)40(36(37)44)20-24-9-11-27(12-10-24)38-16-15-33(38)42/h5-14,18,23,28,32,35,41,45H,15-17,19-22H2,1-4H3/t23-,28+,32+,35-,37+/m1/s1. The SMILES string of the molecule is COc1ccc2c(c1)[C@]1(O[C@@H](CC(=O)N3Cc4ccccc4C[C@H]3CO)[C@H]([Si](C)(C)O)[C@H]1C)C(=O)N2Cc1ccc(N2CCC2=O)cc1. The number of carbonyl (C=O) groups is 3. The molecule has 3 amide bonds. The van der Waals surface area contributed by atoms with Gasteiger partial charge in [-0.1, -0.05) is 43.3 Å². The molecule has 4 aliphatic rings. The van der Waals surface area contributed by atoms with Crippen LogP contribution in [0, 0.1) is 5.92 Å². The molecule has 252 valence electrons. The topological polar surface area (TPSA) is 120 Å². The molecular formula is C37H43N3O7Si. The predicted molar refractivity (Wildman–Crippen MR) is 183 cm³/mol. The molecule has 3 aromatic carbocycles. The second-order valence-electron chi connectivity index (χ2n) is 14.1. The molecule has 1 spiro atoms. The molecule has 2 fully saturated rings. The van der Waals surface area contributed by atoms with Gasteiger partial charge in [-0.25, -0.2) is 0 Å². The van der Waals surface area contributed by atoms with Crippen LogP contribution in [-0.2, 0) is 44.2 Å². The Morgan fingerprint density at radius 1 is 1.06 bits per heavy atom. The average molecular weight is 670 g/mol. The van der Waals surface area contributed by atoms with Crippen LogP contribution in [0.1, 0.15) is 42.0 Å². The highest BCUT2D eigenvalue weighted by Crippen LogP contribution is 2.60. The Bertz CT molecular complexity index is 1760. The van der Waals surface area contributed by atoms with Crippen molar-refractivity contribution in [3.63, 3.8) is 0 Å². The van der Waals surface area contributed by atoms with Crippen LogP contribution in [-0.4, -0.2) is 73.2 Å². The third kappa shape index (κ3) is 5.24. The zero-order valence-electron chi connectivity index (χ0n) is 27.9. The van der Waals surface area contributed by atoms with Gasteiger partial charge in [0.05, 0.1) is 44.5 Å². The summed E-state index contributed by atoms with van der Waals surface area (Å²) >= 11 is 0. The van der Waals surface area contributed by atoms with Crippen molar-refractivity contribution >= 4 is 37.4 Å². The Morgan fingerprint density at radius 3 is 2.42 bits per heavy atom. The van der Waals surface area contributed by atoms with Crippen LogP contribution in [0.5, 0.6) is 5.75 Å². The number of anilines is 2. The van der Waals surface area contributed by atoms with Gasteiger partial charge < -0.3 is 34.1 Å². The summed E-state index contributed by atoms with van der Waals surface area (Å²) in [4.78, 5) is 57.8. The molecule has 7 rings (SSSR count). The molecule has 10 nitrogen and oxygen atoms in total. The van der Waals surface area contributed by atoms with Crippen molar-refractivity contribution in [1.29, 1.82) is 0 Å². The number of hydrogen-bond acceptors (Lipinski definition) is 7. The average Bonchev–Trinajstić information content (AvgIpc) is 3.49. The number of nitrogens with zero attached hydrogens (tertiary/aromatic N) is 3. The van der Waals surface area contributed by atoms with Crippen molar-refractivity contribution < 1.29 is 33.8 Å². The number of fused-ring (bicyclic) bond motifs is 3. The van der Waals surface area contributed by atoms with E-state index in [0.717, 1.165) is 22.4 Å². The monoisotopic (exact) mass is 669 g/mol. The van der Waals surface area contributed by atoms with Gasteiger partial charge in [-0.15, -0.1) is 0 Å². The van der Waals surface area contributed by atoms with E-state index in [9.17, 15) is 24.3 Å². The lowest BCUT2D eigenvalue weighted by Crippen LogP contribution is -2.48. The van der Waals surface area contributed by atoms with E-state index in [1.807, 2.05) is 86.7 Å². The Kier molecular flexibility index (Phi) is 8.22. The minimum atomic E-state index is -3.01. The number of amides is 3. The largest absolute Gasteiger partial charge is 0.497 e. The lowest BCUT2D eigenvalue weighted by molar-refractivity contribution is -0.151. The van der Waals surface area contributed by atoms with Gasteiger partial charge in [0.2, 0.25) is 11.8 Å². The van der Waals surface area contributed by atoms with Crippen LogP contribution < -0.4 is 14.5 Å². The molecule has 2 N–H and O–H groups in total. The second kappa shape index (κ2) is 12.1. The molecule has 0 aliphatic carbocycles. The molecule has 0 saturated carbocycles. The van der Waals surface area contributed by atoms with Crippen molar-refractivity contribution in [2.75, 3.05) is 30.1 Å². The maximum atomic E-state index is 14.8. The van der Waals surface area contributed by atoms with Crippen molar-refractivity contribution in [2.45, 2.75) is 75.7 Å². The number of aliphatic hydroxyl groups is 1. The summed E-state index contributed by atoms with van der Waals surface area (Å²) in [6, 6.07) is 20.8. The van der Waals surface area contributed by atoms with E-state index in [1.54, 1.807) is 21.8 Å². The van der Waals surface area contributed by atoms with Gasteiger partial charge in [0.1, 0.15) is 5.75 Å². The highest BCUT2D eigenvalue weighted by Gasteiger charge is 2.66. The summed E-state index contributed by atoms with van der Waals surface area (Å²) in [5.41, 5.74) is 3.41. The molecule has 11 heteroatoms. The van der Waals surface area contributed by atoms with E-state index < -0.39 is 31.5 Å². The fourth-order valence-corrected chi connectivity index (χ4v) is 11.0. The second-order valence-corrected chi connectivity index (χ2v) is 18.1. The number of carbonyl (C=O) groups excluding carboxylic acids is 3. The minimum Gasteiger partial charge on any atom is -0.497 e. The van der Waals surface area contributed by atoms with Gasteiger partial charge in [-0.05, 0) is 66.5 Å². The van der Waals surface area contributed by atoms with Crippen molar-refractivity contribution in [1.82, 2.24) is 4.90 Å². The molecule has 48 heavy (non-hydrogen) atoms. The molecule has 0 aromatic heterocycles. The molecule has 4 aliphatic heterocycles. The third-order valence-corrected chi connectivity index (χ3v) is 13.4. The highest BCUT2D eigenvalue weighted by atomic mass is 28.4. The van der Waals surface area contributed by atoms with Gasteiger partial charge in [-0.2, -0.15) is 0 Å². The fourth-order valence-electron chi connectivity index (χ4n) is 8.42. The number of β-lactam (4-membered cyclic amide) rings is 1. The first-order chi connectivity index (χ1) is 23.0. The Morgan fingerprint density at radius 2 is 1.79 bits per heavy atom. The quantitative estimate of drug-likeness (QED) is 0.274. The smallest absolute Gasteiger partial charge is 0.264 e. The number of methoxy groups -OCH3 is 1. The molecule has 4 heterocycles. The molecule has 2 saturated heterocycles. The van der Waals surface area contributed by atoms with Gasteiger partial charge in [-0.3, -0.25) is 14.4 Å². The summed E-state index contributed by atoms with van der Waals surface area (Å²) in [5.74, 6) is -0.171. The molecule has 0 unspecified atom stereocenters. The minimum absolute atomic E-state index is 0.0182. The molecule has 0 radical (unpaired) electrons. The number of rotatable bonds is 8. The first-order valence-electron chi connectivity index (χ1n) is 16.7. The Hall–Kier alpha value is -4.03. The molecular weight excluding hydrogens is 627 g/mol. The van der Waals surface area contributed by atoms with Crippen molar-refractivity contribution in [3.05, 3.63) is 89.0 Å². The summed E-state index contributed by atoms with van der Waals surface area (Å²) in [5, 5.41) is 10.3. The molecule has 5 atom stereocenters. The van der Waals surface area contributed by atoms with Crippen molar-refractivity contribution in [2.24, 2.45) is 5.92 Å². The maximum Gasteiger partial charge on any atom is 0.264 e. The van der Waals surface area contributed by atoms with E-state index in [4.69, 9.17) is 9.47 Å². The van der Waals surface area contributed by atoms with Crippen LogP contribution in [0.25, 0.3) is 0 Å². The van der Waals surface area contributed by atoms with E-state index in [-0.39, 0.29) is 43.3 Å². The molecule has 0 bridgehead atoms. The van der Waals surface area contributed by atoms with Gasteiger partial charge in [0.15, 0.2) is 13.9 Å². The van der Waals surface area contributed by atoms with Gasteiger partial charge in [0.25, 0.3) is 5.91 Å². The number of aliphatic hydroxyl groups excluding tert-OH is 1. The summed E-state index contributed by atoms with van der Waals surface area (Å²) in [6.45, 7) is 6.85. The molecule has 3 aromatic rings. The zero-order valence-corrected chi connectivity index (χ0v) is 28.9. The zero-order chi connectivity index (χ0) is 34.0. The predicted octanol–water partition coefficient (Wildman–Crippen LogP) is 4.11. The lowest BCUT2D eigenvalue weighted by Gasteiger charge is -2.37. The lowest BCUT2D eigenvalue weighted by atomic mass is 9.82. The van der Waals surface area contributed by atoms with Gasteiger partial charge >= 0.3 is 0 Å². The Labute approximate surface area is 282 Å². The summed E-state index contributed by atoms with van der Waals surface area (Å²) < 4.78 is 12.5. The number of benzene rings is 3. The van der Waals surface area contributed by atoms with Crippen LogP contribution in [0.15, 0.2) is 66.7 Å². The maximum absolute atomic E-state index is 14.8. The number of hydrogen-bond donors (Lipinski definition) is 2. The van der Waals surface area contributed by atoms with Crippen LogP contribution >= 0.6 is 0 Å². The van der Waals surface area contributed by atoms with Gasteiger partial charge in [0, 0.05) is 42.2 Å². The highest BCUT2D eigenvalue weighted by molar-refractivity contribution is 6.71.